The summed E-state index contributed by atoms with van der Waals surface area (Å²) < 4.78 is 6.50. The van der Waals surface area contributed by atoms with Crippen molar-refractivity contribution in [2.45, 2.75) is 51.4 Å². The van der Waals surface area contributed by atoms with E-state index in [0.29, 0.717) is 45.9 Å². The van der Waals surface area contributed by atoms with Gasteiger partial charge in [0.05, 0.1) is 28.3 Å². The normalized spacial score (nSPS) is 26.4. The minimum atomic E-state index is -0.753. The van der Waals surface area contributed by atoms with Gasteiger partial charge in [0.25, 0.3) is 0 Å². The zero-order valence-corrected chi connectivity index (χ0v) is 21.1. The molecule has 3 aliphatic rings. The van der Waals surface area contributed by atoms with E-state index in [1.165, 1.54) is 4.90 Å². The summed E-state index contributed by atoms with van der Waals surface area (Å²) >= 11 is 19.4. The second-order valence-electron chi connectivity index (χ2n) is 9.91. The van der Waals surface area contributed by atoms with Crippen molar-refractivity contribution < 1.29 is 19.4 Å². The number of halogens is 3. The lowest BCUT2D eigenvalue weighted by Crippen LogP contribution is -2.39. The Morgan fingerprint density at radius 2 is 1.85 bits per heavy atom. The third-order valence-electron chi connectivity index (χ3n) is 6.98. The van der Waals surface area contributed by atoms with Crippen LogP contribution >= 0.6 is 34.8 Å². The Morgan fingerprint density at radius 3 is 2.50 bits per heavy atom. The average Bonchev–Trinajstić information content (AvgIpc) is 3.39. The molecule has 2 heterocycles. The van der Waals surface area contributed by atoms with Gasteiger partial charge in [-0.3, -0.25) is 14.5 Å². The molecular formula is C25H25Cl3N2O4. The van der Waals surface area contributed by atoms with Crippen molar-refractivity contribution in [1.29, 1.82) is 0 Å². The molecule has 1 N–H and O–H groups in total. The fourth-order valence-electron chi connectivity index (χ4n) is 5.22. The lowest BCUT2D eigenvalue weighted by atomic mass is 9.92. The number of β-amino-alcohol motifs (C(OH)–C–C–N with tert-alkyl or cyclic N) is 1. The molecule has 0 radical (unpaired) electrons. The number of rotatable bonds is 4. The van der Waals surface area contributed by atoms with Crippen LogP contribution < -0.4 is 9.64 Å². The van der Waals surface area contributed by atoms with Crippen LogP contribution in [0.15, 0.2) is 30.3 Å². The fraction of sp³-hybridized carbons (Fsp3) is 0.440. The Hall–Kier alpha value is -1.83. The van der Waals surface area contributed by atoms with E-state index in [-0.39, 0.29) is 30.4 Å². The number of carbonyl (C=O) groups is 2. The van der Waals surface area contributed by atoms with Crippen LogP contribution in [0.1, 0.15) is 43.9 Å². The number of ether oxygens (including phenoxy) is 1. The molecule has 0 unspecified atom stereocenters. The van der Waals surface area contributed by atoms with Gasteiger partial charge in [0.2, 0.25) is 11.8 Å². The number of hydrogen-bond acceptors (Lipinski definition) is 5. The zero-order chi connectivity index (χ0) is 24.4. The molecule has 2 aliphatic heterocycles. The molecule has 0 bridgehead atoms. The number of aliphatic hydroxyl groups excluding tert-OH is 1. The van der Waals surface area contributed by atoms with Gasteiger partial charge in [-0.2, -0.15) is 0 Å². The number of benzene rings is 2. The predicted octanol–water partition coefficient (Wildman–Crippen LogP) is 5.05. The zero-order valence-electron chi connectivity index (χ0n) is 18.9. The van der Waals surface area contributed by atoms with Gasteiger partial charge in [0.1, 0.15) is 11.9 Å². The van der Waals surface area contributed by atoms with Gasteiger partial charge in [0.15, 0.2) is 0 Å². The maximum Gasteiger partial charge on any atom is 0.239 e. The van der Waals surface area contributed by atoms with Crippen molar-refractivity contribution in [2.75, 3.05) is 18.0 Å². The third kappa shape index (κ3) is 4.10. The minimum absolute atomic E-state index is 0.0724. The van der Waals surface area contributed by atoms with Gasteiger partial charge in [-0.15, -0.1) is 0 Å². The van der Waals surface area contributed by atoms with Crippen LogP contribution in [0, 0.1) is 5.41 Å². The van der Waals surface area contributed by atoms with E-state index in [1.54, 1.807) is 38.1 Å². The standard InChI is InChI=1S/C25H25Cl3N2O4/c1-25(2)11-22(32)30(24(25)33)14-3-4-18(27)21(9-14)34-23-17-7-13(26)8-19(28)16(17)10-20(23)29-6-5-15(31)12-29/h3-4,7-9,15,20,23,31H,5-6,10-12H2,1-2H3/t15-,20+,23+/m1/s1. The van der Waals surface area contributed by atoms with E-state index < -0.39 is 11.5 Å². The quantitative estimate of drug-likeness (QED) is 0.568. The summed E-state index contributed by atoms with van der Waals surface area (Å²) in [6.07, 6.45) is 0.671. The van der Waals surface area contributed by atoms with Crippen LogP contribution in [0.3, 0.4) is 0 Å². The first-order valence-corrected chi connectivity index (χ1v) is 12.4. The number of likely N-dealkylation sites (tertiary alicyclic amines) is 1. The highest BCUT2D eigenvalue weighted by Gasteiger charge is 2.46. The summed E-state index contributed by atoms with van der Waals surface area (Å²) in [6, 6.07) is 8.43. The number of aliphatic hydroxyl groups is 1. The molecule has 2 saturated heterocycles. The highest BCUT2D eigenvalue weighted by molar-refractivity contribution is 6.35. The third-order valence-corrected chi connectivity index (χ3v) is 7.85. The van der Waals surface area contributed by atoms with E-state index in [4.69, 9.17) is 39.5 Å². The summed E-state index contributed by atoms with van der Waals surface area (Å²) in [4.78, 5) is 28.9. The van der Waals surface area contributed by atoms with E-state index in [2.05, 4.69) is 4.90 Å². The summed E-state index contributed by atoms with van der Waals surface area (Å²) in [5.41, 5.74) is 1.51. The van der Waals surface area contributed by atoms with Crippen molar-refractivity contribution in [3.63, 3.8) is 0 Å². The maximum absolute atomic E-state index is 12.8. The second-order valence-corrected chi connectivity index (χ2v) is 11.2. The molecule has 2 aromatic rings. The number of nitrogens with zero attached hydrogens (tertiary/aromatic N) is 2. The Morgan fingerprint density at radius 1 is 1.09 bits per heavy atom. The topological polar surface area (TPSA) is 70.1 Å². The van der Waals surface area contributed by atoms with Crippen molar-refractivity contribution in [3.8, 4) is 5.75 Å². The van der Waals surface area contributed by atoms with Crippen LogP contribution in [0.2, 0.25) is 15.1 Å². The van der Waals surface area contributed by atoms with Crippen molar-refractivity contribution in [1.82, 2.24) is 4.90 Å². The van der Waals surface area contributed by atoms with Gasteiger partial charge in [-0.1, -0.05) is 48.7 Å². The maximum atomic E-state index is 12.8. The molecule has 34 heavy (non-hydrogen) atoms. The lowest BCUT2D eigenvalue weighted by Gasteiger charge is -2.30. The molecule has 5 rings (SSSR count). The summed E-state index contributed by atoms with van der Waals surface area (Å²) in [7, 11) is 0. The molecule has 9 heteroatoms. The molecule has 6 nitrogen and oxygen atoms in total. The van der Waals surface area contributed by atoms with E-state index in [0.717, 1.165) is 17.7 Å². The van der Waals surface area contributed by atoms with Crippen LogP contribution in [0.4, 0.5) is 5.69 Å². The first-order chi connectivity index (χ1) is 16.0. The molecule has 0 saturated carbocycles. The predicted molar refractivity (Wildman–Crippen MR) is 132 cm³/mol. The monoisotopic (exact) mass is 522 g/mol. The molecule has 3 atom stereocenters. The van der Waals surface area contributed by atoms with Crippen LogP contribution in [-0.2, 0) is 16.0 Å². The molecule has 1 aliphatic carbocycles. The molecule has 180 valence electrons. The number of fused-ring (bicyclic) bond motifs is 1. The van der Waals surface area contributed by atoms with Crippen LogP contribution in [0.5, 0.6) is 5.75 Å². The second kappa shape index (κ2) is 8.68. The molecule has 0 spiro atoms. The highest BCUT2D eigenvalue weighted by atomic mass is 35.5. The summed E-state index contributed by atoms with van der Waals surface area (Å²) in [5, 5.41) is 11.6. The molecule has 0 aromatic heterocycles. The first-order valence-electron chi connectivity index (χ1n) is 11.3. The van der Waals surface area contributed by atoms with Crippen LogP contribution in [0.25, 0.3) is 0 Å². The highest BCUT2D eigenvalue weighted by Crippen LogP contribution is 2.45. The van der Waals surface area contributed by atoms with Gasteiger partial charge >= 0.3 is 0 Å². The number of imide groups is 1. The Kier molecular flexibility index (Phi) is 6.10. The largest absolute Gasteiger partial charge is 0.482 e. The minimum Gasteiger partial charge on any atom is -0.482 e. The lowest BCUT2D eigenvalue weighted by molar-refractivity contribution is -0.124. The number of carbonyl (C=O) groups excluding carboxylic acids is 2. The molecular weight excluding hydrogens is 499 g/mol. The molecule has 2 aromatic carbocycles. The van der Waals surface area contributed by atoms with Gasteiger partial charge in [-0.25, -0.2) is 4.90 Å². The van der Waals surface area contributed by atoms with Crippen molar-refractivity contribution in [2.24, 2.45) is 5.41 Å². The fourth-order valence-corrected chi connectivity index (χ4v) is 5.96. The molecule has 2 fully saturated rings. The molecule has 2 amide bonds. The van der Waals surface area contributed by atoms with Gasteiger partial charge in [0, 0.05) is 41.2 Å². The summed E-state index contributed by atoms with van der Waals surface area (Å²) in [6.45, 7) is 4.81. The first kappa shape index (κ1) is 23.9. The van der Waals surface area contributed by atoms with E-state index >= 15 is 0 Å². The average molecular weight is 524 g/mol. The smallest absolute Gasteiger partial charge is 0.239 e. The Bertz CT molecular complexity index is 1180. The Balaban J connectivity index is 1.52. The number of amides is 2. The Labute approximate surface area is 213 Å². The van der Waals surface area contributed by atoms with Gasteiger partial charge < -0.3 is 9.84 Å². The summed E-state index contributed by atoms with van der Waals surface area (Å²) in [5.74, 6) is -0.139. The van der Waals surface area contributed by atoms with E-state index in [9.17, 15) is 14.7 Å². The van der Waals surface area contributed by atoms with Crippen LogP contribution in [-0.4, -0.2) is 47.1 Å². The SMILES string of the molecule is CC1(C)CC(=O)N(c2ccc(Cl)c(O[C@H]3c4cc(Cl)cc(Cl)c4C[C@@H]3N3CC[C@@H](O)C3)c2)C1=O. The van der Waals surface area contributed by atoms with Gasteiger partial charge in [-0.05, 0) is 42.7 Å². The number of hydrogen-bond donors (Lipinski definition) is 1. The van der Waals surface area contributed by atoms with E-state index in [1.807, 2.05) is 6.07 Å². The number of anilines is 1. The van der Waals surface area contributed by atoms with Crippen molar-refractivity contribution in [3.05, 3.63) is 56.5 Å². The van der Waals surface area contributed by atoms with Crippen molar-refractivity contribution >= 4 is 52.3 Å².